The number of aromatic nitrogens is 2. The number of hydrogen-bond acceptors (Lipinski definition) is 10. The summed E-state index contributed by atoms with van der Waals surface area (Å²) in [6, 6.07) is 49.1. The Morgan fingerprint density at radius 2 is 0.914 bits per heavy atom. The molecule has 8 rings (SSSR count). The number of aliphatic hydroxyl groups is 2. The lowest BCUT2D eigenvalue weighted by molar-refractivity contribution is 0.0905. The topological polar surface area (TPSA) is 149 Å². The zero-order chi connectivity index (χ0) is 40.1. The van der Waals surface area contributed by atoms with E-state index in [0.717, 1.165) is 44.1 Å². The van der Waals surface area contributed by atoms with Gasteiger partial charge >= 0.3 is 0 Å². The number of carbonyl (C=O) groups excluding carboxylic acids is 2. The van der Waals surface area contributed by atoms with Gasteiger partial charge in [-0.05, 0) is 46.5 Å². The maximum absolute atomic E-state index is 12.6. The highest BCUT2D eigenvalue weighted by Crippen LogP contribution is 2.35. The fourth-order valence-corrected chi connectivity index (χ4v) is 8.48. The second-order valence-corrected chi connectivity index (χ2v) is 15.4. The predicted octanol–water partition coefficient (Wildman–Crippen LogP) is 7.81. The Bertz CT molecular complexity index is 2200. The quantitative estimate of drug-likeness (QED) is 0.0979. The second-order valence-electron chi connectivity index (χ2n) is 13.4. The van der Waals surface area contributed by atoms with Crippen LogP contribution >= 0.6 is 23.5 Å². The van der Waals surface area contributed by atoms with Gasteiger partial charge in [0.05, 0.1) is 48.8 Å². The summed E-state index contributed by atoms with van der Waals surface area (Å²) in [7, 11) is 0. The summed E-state index contributed by atoms with van der Waals surface area (Å²) in [5, 5.41) is 26.8. The van der Waals surface area contributed by atoms with E-state index in [4.69, 9.17) is 15.0 Å². The van der Waals surface area contributed by atoms with Crippen LogP contribution in [0, 0.1) is 0 Å². The van der Waals surface area contributed by atoms with Crippen molar-refractivity contribution < 1.29 is 21.2 Å². The average Bonchev–Trinajstić information content (AvgIpc) is 4.01. The van der Waals surface area contributed by atoms with Gasteiger partial charge in [-0.15, -0.1) is 23.5 Å². The van der Waals surface area contributed by atoms with E-state index in [1.807, 2.05) is 48.5 Å². The molecule has 0 radical (unpaired) electrons. The van der Waals surface area contributed by atoms with Crippen molar-refractivity contribution in [2.75, 3.05) is 24.7 Å². The molecule has 58 heavy (non-hydrogen) atoms. The zero-order valence-electron chi connectivity index (χ0n) is 31.5. The van der Waals surface area contributed by atoms with Gasteiger partial charge in [-0.1, -0.05) is 133 Å². The van der Waals surface area contributed by atoms with Crippen molar-refractivity contribution in [3.63, 3.8) is 0 Å². The molecule has 10 nitrogen and oxygen atoms in total. The van der Waals surface area contributed by atoms with Crippen LogP contribution in [0.2, 0.25) is 0 Å². The van der Waals surface area contributed by atoms with E-state index in [1.54, 1.807) is 53.9 Å². The van der Waals surface area contributed by atoms with Crippen molar-refractivity contribution >= 4 is 45.4 Å². The van der Waals surface area contributed by atoms with Gasteiger partial charge in [0.1, 0.15) is 21.5 Å². The summed E-state index contributed by atoms with van der Waals surface area (Å²) in [6.45, 7) is -0.545. The molecule has 2 amide bonds. The van der Waals surface area contributed by atoms with Crippen LogP contribution in [0.1, 0.15) is 80.2 Å². The molecular formula is C46H44N6O4S2. The summed E-state index contributed by atoms with van der Waals surface area (Å²) >= 11 is 3.58. The molecule has 4 aromatic carbocycles. The molecule has 0 aliphatic carbocycles. The molecule has 4 atom stereocenters. The molecule has 2 aliphatic rings. The van der Waals surface area contributed by atoms with E-state index >= 15 is 0 Å². The molecule has 294 valence electrons. The third-order valence-electron chi connectivity index (χ3n) is 9.45. The number of aliphatic hydroxyl groups excluding tert-OH is 2. The number of aliphatic imine (C=N–C) groups is 2. The third kappa shape index (κ3) is 10.3. The van der Waals surface area contributed by atoms with Gasteiger partial charge in [-0.25, -0.2) is 9.97 Å². The van der Waals surface area contributed by atoms with Crippen LogP contribution in [0.4, 0.5) is 0 Å². The maximum Gasteiger partial charge on any atom is 0.270 e. The van der Waals surface area contributed by atoms with Crippen molar-refractivity contribution in [3.8, 4) is 0 Å². The maximum atomic E-state index is 12.6. The van der Waals surface area contributed by atoms with Gasteiger partial charge in [0, 0.05) is 12.9 Å². The normalized spacial score (nSPS) is 16.9. The summed E-state index contributed by atoms with van der Waals surface area (Å²) in [4.78, 5) is 44.1. The number of rotatable bonds is 12. The van der Waals surface area contributed by atoms with Crippen molar-refractivity contribution in [3.05, 3.63) is 203 Å². The number of nitrogens with zero attached hydrogens (tertiary/aromatic N) is 4. The number of hydrogen-bond donors (Lipinski definition) is 4. The minimum absolute atomic E-state index is 0. The molecule has 0 saturated heterocycles. The second kappa shape index (κ2) is 20.0. The molecule has 2 aromatic heterocycles. The molecule has 0 saturated carbocycles. The zero-order valence-corrected chi connectivity index (χ0v) is 33.1. The number of pyridine rings is 2. The first kappa shape index (κ1) is 40.3. The van der Waals surface area contributed by atoms with Crippen molar-refractivity contribution in [2.45, 2.75) is 24.2 Å². The molecule has 4 N–H and O–H groups in total. The van der Waals surface area contributed by atoms with Crippen LogP contribution in [0.3, 0.4) is 0 Å². The number of amides is 2. The first-order chi connectivity index (χ1) is 28.5. The average molecular weight is 810 g/mol. The molecule has 2 aliphatic heterocycles. The lowest BCUT2D eigenvalue weighted by Gasteiger charge is -2.17. The Hall–Kier alpha value is -5.92. The highest BCUT2D eigenvalue weighted by molar-refractivity contribution is 8.15. The Morgan fingerprint density at radius 3 is 1.31 bits per heavy atom. The van der Waals surface area contributed by atoms with Crippen molar-refractivity contribution in [1.29, 1.82) is 0 Å². The summed E-state index contributed by atoms with van der Waals surface area (Å²) in [5.41, 5.74) is 6.06. The fourth-order valence-electron chi connectivity index (χ4n) is 6.38. The van der Waals surface area contributed by atoms with Crippen LogP contribution < -0.4 is 10.6 Å². The summed E-state index contributed by atoms with van der Waals surface area (Å²) < 4.78 is 0. The first-order valence-corrected chi connectivity index (χ1v) is 20.9. The number of carbonyl (C=O) groups is 2. The van der Waals surface area contributed by atoms with E-state index < -0.39 is 23.9 Å². The summed E-state index contributed by atoms with van der Waals surface area (Å²) in [5.74, 6) is 0.928. The molecule has 12 heteroatoms. The van der Waals surface area contributed by atoms with Crippen molar-refractivity contribution in [2.24, 2.45) is 9.98 Å². The highest BCUT2D eigenvalue weighted by atomic mass is 32.2. The standard InChI is InChI=1S/C23H23N3O4.C23H19N3S2.H2/c27-14-20(16-8-3-1-4-9-16)25-22(29)18-12-7-13-19(24-18)23(30)26-21(15-28)17-10-5-2-6-11-17;1-3-8-16(9-4-1)20-14-27-22(25-20)18-12-7-13-19(24-18)23-26-21(15-28-23)17-10-5-2-6-11-17;/h1-13,20-21,27-28H,14-15H2,(H,25,29)(H,26,30);1-13,20-21H,14-15H2;1H/t2*20-,21-;/m01./s1/i;;1+1. The lowest BCUT2D eigenvalue weighted by Crippen LogP contribution is -2.33. The molecule has 0 fully saturated rings. The smallest absolute Gasteiger partial charge is 0.270 e. The van der Waals surface area contributed by atoms with Crippen LogP contribution in [-0.4, -0.2) is 66.8 Å². The monoisotopic (exact) mass is 809 g/mol. The Balaban J connectivity index is 0.000000195. The number of benzene rings is 4. The van der Waals surface area contributed by atoms with E-state index in [-0.39, 0.29) is 38.1 Å². The fraction of sp³-hybridized carbons (Fsp3) is 0.174. The van der Waals surface area contributed by atoms with E-state index in [0.29, 0.717) is 0 Å². The third-order valence-corrected chi connectivity index (χ3v) is 11.6. The first-order valence-electron chi connectivity index (χ1n) is 18.9. The minimum Gasteiger partial charge on any atom is -0.394 e. The Morgan fingerprint density at radius 1 is 0.534 bits per heavy atom. The Kier molecular flexibility index (Phi) is 13.9. The largest absolute Gasteiger partial charge is 0.394 e. The summed E-state index contributed by atoms with van der Waals surface area (Å²) in [6.07, 6.45) is 0. The van der Waals surface area contributed by atoms with Crippen LogP contribution in [-0.2, 0) is 0 Å². The van der Waals surface area contributed by atoms with Gasteiger partial charge in [-0.3, -0.25) is 19.6 Å². The molecule has 0 spiro atoms. The van der Waals surface area contributed by atoms with Gasteiger partial charge in [0.15, 0.2) is 0 Å². The van der Waals surface area contributed by atoms with Crippen LogP contribution in [0.5, 0.6) is 0 Å². The van der Waals surface area contributed by atoms with E-state index in [9.17, 15) is 19.8 Å². The number of thioether (sulfide) groups is 2. The van der Waals surface area contributed by atoms with Crippen molar-refractivity contribution in [1.82, 2.24) is 20.6 Å². The van der Waals surface area contributed by atoms with E-state index in [2.05, 4.69) is 82.3 Å². The molecule has 0 unspecified atom stereocenters. The van der Waals surface area contributed by atoms with Crippen LogP contribution in [0.15, 0.2) is 168 Å². The molecule has 6 aromatic rings. The Labute approximate surface area is 347 Å². The number of nitrogens with one attached hydrogen (secondary N) is 2. The predicted molar refractivity (Wildman–Crippen MR) is 234 cm³/mol. The lowest BCUT2D eigenvalue weighted by atomic mass is 10.1. The van der Waals surface area contributed by atoms with Gasteiger partial charge in [0.2, 0.25) is 0 Å². The highest BCUT2D eigenvalue weighted by Gasteiger charge is 2.25. The van der Waals surface area contributed by atoms with E-state index in [1.165, 1.54) is 23.3 Å². The molecular weight excluding hydrogens is 765 g/mol. The minimum atomic E-state index is -0.588. The molecule has 4 heterocycles. The van der Waals surface area contributed by atoms with Gasteiger partial charge in [-0.2, -0.15) is 0 Å². The SMILES string of the molecule is O=C(N[C@@H](CO)c1ccccc1)c1cccc(C(=O)N[C@@H](CO)c2ccccc2)n1.[2HH].c1ccc([C@H]2CSC(c3cccc(C4=N[C@@H](c5ccccc5)CS4)n3)=N2)cc1. The molecule has 0 bridgehead atoms. The van der Waals surface area contributed by atoms with Gasteiger partial charge in [0.25, 0.3) is 11.8 Å². The van der Waals surface area contributed by atoms with Crippen LogP contribution in [0.25, 0.3) is 0 Å². The van der Waals surface area contributed by atoms with Gasteiger partial charge < -0.3 is 20.8 Å².